The Morgan fingerprint density at radius 2 is 2.00 bits per heavy atom. The average Bonchev–Trinajstić information content (AvgIpc) is 2.48. The molecule has 2 rings (SSSR count). The van der Waals surface area contributed by atoms with Crippen LogP contribution in [0.5, 0.6) is 0 Å². The largest absolute Gasteiger partial charge is 0.353 e. The third kappa shape index (κ3) is 3.81. The second kappa shape index (κ2) is 6.70. The molecule has 0 aromatic heterocycles. The van der Waals surface area contributed by atoms with Crippen LogP contribution in [0.2, 0.25) is 0 Å². The molecule has 106 valence electrons. The molecular formula is C14H17N3O3. The van der Waals surface area contributed by atoms with Crippen molar-refractivity contribution in [1.82, 2.24) is 15.5 Å². The number of carbonyl (C=O) groups is 3. The van der Waals surface area contributed by atoms with Crippen molar-refractivity contribution in [2.75, 3.05) is 26.2 Å². The molecule has 1 fully saturated rings. The molecule has 1 heterocycles. The van der Waals surface area contributed by atoms with Gasteiger partial charge in [-0.15, -0.1) is 0 Å². The third-order valence-electron chi connectivity index (χ3n) is 3.05. The van der Waals surface area contributed by atoms with Gasteiger partial charge in [-0.1, -0.05) is 18.2 Å². The highest BCUT2D eigenvalue weighted by Crippen LogP contribution is 1.99. The van der Waals surface area contributed by atoms with Gasteiger partial charge in [0.2, 0.25) is 11.8 Å². The van der Waals surface area contributed by atoms with Gasteiger partial charge in [0.05, 0.1) is 6.54 Å². The van der Waals surface area contributed by atoms with Gasteiger partial charge >= 0.3 is 0 Å². The Balaban J connectivity index is 1.74. The van der Waals surface area contributed by atoms with Crippen LogP contribution in [0.1, 0.15) is 16.8 Å². The smallest absolute Gasteiger partial charge is 0.251 e. The summed E-state index contributed by atoms with van der Waals surface area (Å²) in [7, 11) is 0. The van der Waals surface area contributed by atoms with Crippen molar-refractivity contribution >= 4 is 17.7 Å². The number of nitrogens with zero attached hydrogens (tertiary/aromatic N) is 1. The molecule has 6 nitrogen and oxygen atoms in total. The molecule has 0 unspecified atom stereocenters. The maximum atomic E-state index is 11.9. The Morgan fingerprint density at radius 1 is 1.25 bits per heavy atom. The first-order valence-corrected chi connectivity index (χ1v) is 6.54. The summed E-state index contributed by atoms with van der Waals surface area (Å²) in [4.78, 5) is 36.3. The van der Waals surface area contributed by atoms with E-state index in [9.17, 15) is 14.4 Å². The maximum Gasteiger partial charge on any atom is 0.251 e. The van der Waals surface area contributed by atoms with Crippen LogP contribution in [0.3, 0.4) is 0 Å². The van der Waals surface area contributed by atoms with Gasteiger partial charge in [-0.05, 0) is 12.1 Å². The molecule has 0 radical (unpaired) electrons. The molecule has 3 amide bonds. The zero-order chi connectivity index (χ0) is 14.4. The quantitative estimate of drug-likeness (QED) is 0.796. The number of hydrogen-bond acceptors (Lipinski definition) is 3. The first-order valence-electron chi connectivity index (χ1n) is 6.54. The maximum absolute atomic E-state index is 11.9. The van der Waals surface area contributed by atoms with E-state index in [0.29, 0.717) is 18.7 Å². The van der Waals surface area contributed by atoms with Crippen LogP contribution in [0.15, 0.2) is 30.3 Å². The normalized spacial score (nSPS) is 14.6. The van der Waals surface area contributed by atoms with Gasteiger partial charge in [-0.2, -0.15) is 0 Å². The molecule has 0 bridgehead atoms. The van der Waals surface area contributed by atoms with E-state index >= 15 is 0 Å². The number of nitrogens with one attached hydrogen (secondary N) is 2. The van der Waals surface area contributed by atoms with Gasteiger partial charge in [0.1, 0.15) is 0 Å². The summed E-state index contributed by atoms with van der Waals surface area (Å²) >= 11 is 0. The van der Waals surface area contributed by atoms with E-state index in [1.165, 1.54) is 4.90 Å². The predicted octanol–water partition coefficient (Wildman–Crippen LogP) is -0.235. The summed E-state index contributed by atoms with van der Waals surface area (Å²) < 4.78 is 0. The van der Waals surface area contributed by atoms with E-state index in [0.717, 1.165) is 0 Å². The number of rotatable bonds is 4. The van der Waals surface area contributed by atoms with Crippen molar-refractivity contribution in [1.29, 1.82) is 0 Å². The monoisotopic (exact) mass is 275 g/mol. The van der Waals surface area contributed by atoms with Crippen molar-refractivity contribution in [2.24, 2.45) is 0 Å². The summed E-state index contributed by atoms with van der Waals surface area (Å²) in [6.45, 7) is 1.38. The lowest BCUT2D eigenvalue weighted by molar-refractivity contribution is -0.138. The molecule has 2 N–H and O–H groups in total. The Bertz CT molecular complexity index is 502. The number of benzene rings is 1. The number of carbonyl (C=O) groups excluding carboxylic acids is 3. The van der Waals surface area contributed by atoms with E-state index in [-0.39, 0.29) is 37.2 Å². The number of hydrogen-bond donors (Lipinski definition) is 2. The van der Waals surface area contributed by atoms with E-state index < -0.39 is 0 Å². The summed E-state index contributed by atoms with van der Waals surface area (Å²) in [5.41, 5.74) is 0.567. The van der Waals surface area contributed by atoms with Crippen LogP contribution in [-0.2, 0) is 9.59 Å². The highest BCUT2D eigenvalue weighted by molar-refractivity contribution is 5.94. The van der Waals surface area contributed by atoms with E-state index in [1.54, 1.807) is 24.3 Å². The SMILES string of the molecule is O=C1CN(C(=O)CCNC(=O)c2ccccc2)CCN1. The summed E-state index contributed by atoms with van der Waals surface area (Å²) in [6.07, 6.45) is 0.200. The molecule has 0 atom stereocenters. The Morgan fingerprint density at radius 3 is 2.70 bits per heavy atom. The highest BCUT2D eigenvalue weighted by atomic mass is 16.2. The zero-order valence-corrected chi connectivity index (χ0v) is 11.1. The van der Waals surface area contributed by atoms with E-state index in [2.05, 4.69) is 10.6 Å². The van der Waals surface area contributed by atoms with Gasteiger partial charge in [0.15, 0.2) is 0 Å². The molecule has 1 aromatic carbocycles. The van der Waals surface area contributed by atoms with Crippen molar-refractivity contribution < 1.29 is 14.4 Å². The molecular weight excluding hydrogens is 258 g/mol. The first kappa shape index (κ1) is 14.0. The molecule has 20 heavy (non-hydrogen) atoms. The Kier molecular flexibility index (Phi) is 4.70. The van der Waals surface area contributed by atoms with Crippen LogP contribution < -0.4 is 10.6 Å². The fourth-order valence-corrected chi connectivity index (χ4v) is 1.98. The van der Waals surface area contributed by atoms with Crippen molar-refractivity contribution in [2.45, 2.75) is 6.42 Å². The summed E-state index contributed by atoms with van der Waals surface area (Å²) in [5.74, 6) is -0.457. The minimum absolute atomic E-state index is 0.103. The van der Waals surface area contributed by atoms with Crippen LogP contribution in [0.25, 0.3) is 0 Å². The van der Waals surface area contributed by atoms with Gasteiger partial charge in [0, 0.05) is 31.6 Å². The second-order valence-corrected chi connectivity index (χ2v) is 4.54. The first-order chi connectivity index (χ1) is 9.66. The molecule has 0 saturated carbocycles. The minimum Gasteiger partial charge on any atom is -0.353 e. The third-order valence-corrected chi connectivity index (χ3v) is 3.05. The van der Waals surface area contributed by atoms with Crippen molar-refractivity contribution in [3.05, 3.63) is 35.9 Å². The van der Waals surface area contributed by atoms with Gasteiger partial charge < -0.3 is 15.5 Å². The lowest BCUT2D eigenvalue weighted by Crippen LogP contribution is -2.50. The lowest BCUT2D eigenvalue weighted by atomic mass is 10.2. The van der Waals surface area contributed by atoms with Crippen LogP contribution in [0.4, 0.5) is 0 Å². The van der Waals surface area contributed by atoms with Crippen LogP contribution >= 0.6 is 0 Å². The van der Waals surface area contributed by atoms with Gasteiger partial charge in [-0.3, -0.25) is 14.4 Å². The van der Waals surface area contributed by atoms with Crippen LogP contribution in [-0.4, -0.2) is 48.8 Å². The number of piperazine rings is 1. The average molecular weight is 275 g/mol. The molecule has 0 aliphatic carbocycles. The molecule has 1 aromatic rings. The lowest BCUT2D eigenvalue weighted by Gasteiger charge is -2.26. The van der Waals surface area contributed by atoms with E-state index in [4.69, 9.17) is 0 Å². The molecule has 6 heteroatoms. The van der Waals surface area contributed by atoms with Crippen molar-refractivity contribution in [3.63, 3.8) is 0 Å². The second-order valence-electron chi connectivity index (χ2n) is 4.54. The minimum atomic E-state index is -0.199. The van der Waals surface area contributed by atoms with Crippen molar-refractivity contribution in [3.8, 4) is 0 Å². The molecule has 1 aliphatic rings. The zero-order valence-electron chi connectivity index (χ0n) is 11.1. The molecule has 0 spiro atoms. The van der Waals surface area contributed by atoms with Gasteiger partial charge in [0.25, 0.3) is 5.91 Å². The topological polar surface area (TPSA) is 78.5 Å². The molecule has 1 saturated heterocycles. The fraction of sp³-hybridized carbons (Fsp3) is 0.357. The molecule has 1 aliphatic heterocycles. The fourth-order valence-electron chi connectivity index (χ4n) is 1.98. The predicted molar refractivity (Wildman–Crippen MR) is 73.0 cm³/mol. The number of amides is 3. The Labute approximate surface area is 117 Å². The summed E-state index contributed by atoms with van der Waals surface area (Å²) in [6, 6.07) is 8.83. The highest BCUT2D eigenvalue weighted by Gasteiger charge is 2.20. The Hall–Kier alpha value is -2.37. The standard InChI is InChI=1S/C14H17N3O3/c18-12-10-17(9-8-15-12)13(19)6-7-16-14(20)11-4-2-1-3-5-11/h1-5H,6-10H2,(H,15,18)(H,16,20). The summed E-state index contributed by atoms with van der Waals surface area (Å²) in [5, 5.41) is 5.35. The van der Waals surface area contributed by atoms with Crippen LogP contribution in [0, 0.1) is 0 Å². The van der Waals surface area contributed by atoms with E-state index in [1.807, 2.05) is 6.07 Å². The van der Waals surface area contributed by atoms with Gasteiger partial charge in [-0.25, -0.2) is 0 Å².